The maximum absolute atomic E-state index is 16.0. The number of aliphatic imine (C=N–C) groups is 2. The van der Waals surface area contributed by atoms with E-state index in [9.17, 15) is 8.42 Å². The summed E-state index contributed by atoms with van der Waals surface area (Å²) in [5.74, 6) is 0.102. The molecule has 0 saturated carbocycles. The van der Waals surface area contributed by atoms with Crippen LogP contribution in [0.3, 0.4) is 0 Å². The van der Waals surface area contributed by atoms with E-state index in [-0.39, 0.29) is 31.4 Å². The largest absolute Gasteiger partial charge is 0.380 e. The van der Waals surface area contributed by atoms with Crippen molar-refractivity contribution < 1.29 is 27.0 Å². The predicted molar refractivity (Wildman–Crippen MR) is 137 cm³/mol. The van der Waals surface area contributed by atoms with Crippen molar-refractivity contribution in [2.24, 2.45) is 20.8 Å². The monoisotopic (exact) mass is 529 g/mol. The highest BCUT2D eigenvalue weighted by Crippen LogP contribution is 2.34. The molecule has 3 aliphatic rings. The zero-order valence-electron chi connectivity index (χ0n) is 20.2. The van der Waals surface area contributed by atoms with Gasteiger partial charge in [-0.2, -0.15) is 4.99 Å². The SMILES string of the molecule is CS(=O)(=O)C1=NN2C(=NCC2[C@@H]2O[C@H](COCc3ccccc3)[C@@H](OCc3ccccc3)[C@H]2F)C(N)=N1. The molecule has 0 aliphatic carbocycles. The number of hydrazone groups is 1. The molecule has 2 aromatic carbocycles. The predicted octanol–water partition coefficient (Wildman–Crippen LogP) is 1.66. The van der Waals surface area contributed by atoms with Crippen LogP contribution in [0.1, 0.15) is 11.1 Å². The van der Waals surface area contributed by atoms with Crippen molar-refractivity contribution in [1.29, 1.82) is 0 Å². The van der Waals surface area contributed by atoms with Crippen LogP contribution >= 0.6 is 0 Å². The van der Waals surface area contributed by atoms with Gasteiger partial charge in [-0.05, 0) is 11.1 Å². The van der Waals surface area contributed by atoms with Gasteiger partial charge in [0.15, 0.2) is 17.8 Å². The van der Waals surface area contributed by atoms with Crippen molar-refractivity contribution in [1.82, 2.24) is 5.01 Å². The summed E-state index contributed by atoms with van der Waals surface area (Å²) >= 11 is 0. The Morgan fingerprint density at radius 2 is 1.73 bits per heavy atom. The van der Waals surface area contributed by atoms with Gasteiger partial charge in [-0.1, -0.05) is 60.7 Å². The van der Waals surface area contributed by atoms with Crippen LogP contribution in [-0.2, 0) is 37.3 Å². The molecule has 1 saturated heterocycles. The lowest BCUT2D eigenvalue weighted by molar-refractivity contribution is -0.0784. The molecule has 2 aromatic rings. The van der Waals surface area contributed by atoms with E-state index in [1.807, 2.05) is 60.7 Å². The van der Waals surface area contributed by atoms with Crippen molar-refractivity contribution in [3.05, 3.63) is 71.8 Å². The van der Waals surface area contributed by atoms with Gasteiger partial charge in [-0.25, -0.2) is 17.8 Å². The molecule has 1 fully saturated rings. The molecule has 0 radical (unpaired) electrons. The van der Waals surface area contributed by atoms with Crippen molar-refractivity contribution in [3.63, 3.8) is 0 Å². The maximum atomic E-state index is 16.0. The lowest BCUT2D eigenvalue weighted by Gasteiger charge is -2.29. The van der Waals surface area contributed by atoms with E-state index in [2.05, 4.69) is 15.1 Å². The quantitative estimate of drug-likeness (QED) is 0.551. The summed E-state index contributed by atoms with van der Waals surface area (Å²) in [7, 11) is -3.75. The number of alkyl halides is 1. The highest BCUT2D eigenvalue weighted by Gasteiger charge is 2.53. The number of sulfone groups is 1. The molecule has 0 amide bonds. The molecule has 37 heavy (non-hydrogen) atoms. The zero-order valence-corrected chi connectivity index (χ0v) is 21.0. The fourth-order valence-electron chi connectivity index (χ4n) is 4.49. The van der Waals surface area contributed by atoms with Crippen LogP contribution in [0.15, 0.2) is 75.7 Å². The number of halogens is 1. The highest BCUT2D eigenvalue weighted by molar-refractivity contribution is 8.05. The Balaban J connectivity index is 1.33. The second-order valence-electron chi connectivity index (χ2n) is 9.07. The van der Waals surface area contributed by atoms with Crippen molar-refractivity contribution >= 4 is 26.7 Å². The number of amidine groups is 3. The van der Waals surface area contributed by atoms with Crippen molar-refractivity contribution in [3.8, 4) is 0 Å². The Labute approximate surface area is 214 Å². The Morgan fingerprint density at radius 1 is 1.08 bits per heavy atom. The normalized spacial score (nSPS) is 27.5. The topological polar surface area (TPSA) is 128 Å². The molecule has 196 valence electrons. The number of rotatable bonds is 8. The summed E-state index contributed by atoms with van der Waals surface area (Å²) in [5.41, 5.74) is 7.82. The second-order valence-corrected chi connectivity index (χ2v) is 11.0. The van der Waals surface area contributed by atoms with Gasteiger partial charge in [0.1, 0.15) is 24.4 Å². The Bertz CT molecular complexity index is 1310. The van der Waals surface area contributed by atoms with Crippen molar-refractivity contribution in [2.75, 3.05) is 19.4 Å². The van der Waals surface area contributed by atoms with Crippen LogP contribution < -0.4 is 5.73 Å². The van der Waals surface area contributed by atoms with E-state index < -0.39 is 45.5 Å². The summed E-state index contributed by atoms with van der Waals surface area (Å²) < 4.78 is 58.2. The molecule has 0 bridgehead atoms. The molecule has 1 unspecified atom stereocenters. The molecule has 3 heterocycles. The lowest BCUT2D eigenvalue weighted by Crippen LogP contribution is -2.50. The first-order chi connectivity index (χ1) is 17.8. The average molecular weight is 530 g/mol. The molecule has 10 nitrogen and oxygen atoms in total. The third kappa shape index (κ3) is 5.57. The fourth-order valence-corrected chi connectivity index (χ4v) is 4.99. The minimum absolute atomic E-state index is 0.0917. The van der Waals surface area contributed by atoms with Crippen LogP contribution in [-0.4, -0.2) is 80.2 Å². The number of hydrogen-bond acceptors (Lipinski definition) is 10. The van der Waals surface area contributed by atoms with Crippen LogP contribution in [0.2, 0.25) is 0 Å². The molecular formula is C25H28FN5O5S. The van der Waals surface area contributed by atoms with E-state index in [0.29, 0.717) is 6.61 Å². The molecule has 0 aromatic heterocycles. The summed E-state index contributed by atoms with van der Waals surface area (Å²) in [6.45, 7) is 0.752. The van der Waals surface area contributed by atoms with E-state index in [1.54, 1.807) is 0 Å². The minimum Gasteiger partial charge on any atom is -0.380 e. The molecular weight excluding hydrogens is 501 g/mol. The van der Waals surface area contributed by atoms with Crippen LogP contribution in [0.5, 0.6) is 0 Å². The number of nitrogens with two attached hydrogens (primary N) is 1. The number of benzene rings is 2. The number of fused-ring (bicyclic) bond motifs is 1. The number of ether oxygens (including phenoxy) is 3. The summed E-state index contributed by atoms with van der Waals surface area (Å²) in [6, 6.07) is 18.4. The summed E-state index contributed by atoms with van der Waals surface area (Å²) in [5, 5.41) is 4.96. The number of nitrogens with zero attached hydrogens (tertiary/aromatic N) is 4. The van der Waals surface area contributed by atoms with Crippen LogP contribution in [0.25, 0.3) is 0 Å². The Morgan fingerprint density at radius 3 is 2.38 bits per heavy atom. The van der Waals surface area contributed by atoms with Crippen molar-refractivity contribution in [2.45, 2.75) is 43.7 Å². The van der Waals surface area contributed by atoms with Gasteiger partial charge in [0.05, 0.1) is 26.4 Å². The number of hydrogen-bond donors (Lipinski definition) is 1. The molecule has 3 aliphatic heterocycles. The van der Waals surface area contributed by atoms with Crippen LogP contribution in [0, 0.1) is 0 Å². The second kappa shape index (κ2) is 10.7. The third-order valence-electron chi connectivity index (χ3n) is 6.31. The van der Waals surface area contributed by atoms with Gasteiger partial charge in [0, 0.05) is 6.26 Å². The summed E-state index contributed by atoms with van der Waals surface area (Å²) in [6.07, 6.45) is -3.20. The molecule has 5 atom stereocenters. The zero-order chi connectivity index (χ0) is 26.0. The Kier molecular flexibility index (Phi) is 7.33. The van der Waals surface area contributed by atoms with Gasteiger partial charge in [0.2, 0.25) is 9.84 Å². The first-order valence-electron chi connectivity index (χ1n) is 11.8. The summed E-state index contributed by atoms with van der Waals surface area (Å²) in [4.78, 5) is 8.17. The molecule has 0 spiro atoms. The van der Waals surface area contributed by atoms with E-state index in [0.717, 1.165) is 17.4 Å². The average Bonchev–Trinajstić information content (AvgIpc) is 3.44. The van der Waals surface area contributed by atoms with E-state index in [4.69, 9.17) is 19.9 Å². The van der Waals surface area contributed by atoms with E-state index in [1.165, 1.54) is 5.01 Å². The van der Waals surface area contributed by atoms with Gasteiger partial charge >= 0.3 is 0 Å². The van der Waals surface area contributed by atoms with E-state index >= 15 is 4.39 Å². The Hall–Kier alpha value is -3.19. The van der Waals surface area contributed by atoms with Gasteiger partial charge in [-0.3, -0.25) is 4.99 Å². The standard InChI is InChI=1S/C25H28FN5O5S/c1-37(32,33)25-29-23(27)24-28-12-18(31(24)30-25)21-20(26)22(35-14-17-10-6-3-7-11-17)19(36-21)15-34-13-16-8-4-2-5-9-16/h2-11,18-22H,12-15H2,1H3,(H2,27,29,30)/t18?,19-,20+,21+,22-/m1/s1. The molecule has 12 heteroatoms. The smallest absolute Gasteiger partial charge is 0.267 e. The van der Waals surface area contributed by atoms with Gasteiger partial charge in [0.25, 0.3) is 5.17 Å². The lowest BCUT2D eigenvalue weighted by atomic mass is 10.0. The first kappa shape index (κ1) is 25.5. The van der Waals surface area contributed by atoms with Crippen LogP contribution in [0.4, 0.5) is 4.39 Å². The van der Waals surface area contributed by atoms with Gasteiger partial charge < -0.3 is 19.9 Å². The first-order valence-corrected chi connectivity index (χ1v) is 13.7. The third-order valence-corrected chi connectivity index (χ3v) is 7.15. The highest BCUT2D eigenvalue weighted by atomic mass is 32.2. The maximum Gasteiger partial charge on any atom is 0.267 e. The molecule has 5 rings (SSSR count). The fraction of sp³-hybridized carbons (Fsp3) is 0.400. The molecule has 2 N–H and O–H groups in total. The van der Waals surface area contributed by atoms with Gasteiger partial charge in [-0.15, -0.1) is 5.10 Å². The minimum atomic E-state index is -3.75.